The standard InChI is InChI=1S/C11H12F3N3O/c12-11(13,14)10(3-4-10)17-9(18)5-8-2-1-7(15)6-16-8/h1-2,6H,3-5,15H2,(H,17,18). The van der Waals surface area contributed by atoms with Gasteiger partial charge in [0.2, 0.25) is 5.91 Å². The summed E-state index contributed by atoms with van der Waals surface area (Å²) >= 11 is 0. The zero-order valence-electron chi connectivity index (χ0n) is 9.42. The molecular weight excluding hydrogens is 247 g/mol. The lowest BCUT2D eigenvalue weighted by molar-refractivity contribution is -0.170. The van der Waals surface area contributed by atoms with Gasteiger partial charge in [-0.1, -0.05) is 0 Å². The lowest BCUT2D eigenvalue weighted by Gasteiger charge is -2.20. The third-order valence-electron chi connectivity index (χ3n) is 2.86. The van der Waals surface area contributed by atoms with E-state index in [4.69, 9.17) is 5.73 Å². The van der Waals surface area contributed by atoms with Crippen LogP contribution in [0.1, 0.15) is 18.5 Å². The van der Waals surface area contributed by atoms with Crippen LogP contribution < -0.4 is 11.1 Å². The fraction of sp³-hybridized carbons (Fsp3) is 0.455. The zero-order chi connectivity index (χ0) is 13.4. The summed E-state index contributed by atoms with van der Waals surface area (Å²) in [5.41, 5.74) is 4.23. The normalized spacial score (nSPS) is 17.3. The second-order valence-corrected chi connectivity index (χ2v) is 4.39. The number of alkyl halides is 3. The van der Waals surface area contributed by atoms with Gasteiger partial charge in [-0.3, -0.25) is 9.78 Å². The predicted octanol–water partition coefficient (Wildman–Crippen LogP) is 1.42. The number of nitrogen functional groups attached to an aromatic ring is 1. The van der Waals surface area contributed by atoms with Crippen molar-refractivity contribution in [3.05, 3.63) is 24.0 Å². The molecule has 3 N–H and O–H groups in total. The summed E-state index contributed by atoms with van der Waals surface area (Å²) in [5, 5.41) is 2.04. The van der Waals surface area contributed by atoms with Crippen molar-refractivity contribution in [1.29, 1.82) is 0 Å². The number of pyridine rings is 1. The number of nitrogens with one attached hydrogen (secondary N) is 1. The van der Waals surface area contributed by atoms with Gasteiger partial charge in [0.25, 0.3) is 0 Å². The molecule has 98 valence electrons. The molecule has 1 aromatic heterocycles. The second-order valence-electron chi connectivity index (χ2n) is 4.39. The molecule has 1 heterocycles. The lowest BCUT2D eigenvalue weighted by atomic mass is 10.2. The highest BCUT2D eigenvalue weighted by molar-refractivity contribution is 5.79. The molecule has 1 saturated carbocycles. The van der Waals surface area contributed by atoms with E-state index >= 15 is 0 Å². The van der Waals surface area contributed by atoms with Gasteiger partial charge in [-0.2, -0.15) is 13.2 Å². The highest BCUT2D eigenvalue weighted by atomic mass is 19.4. The third kappa shape index (κ3) is 2.55. The smallest absolute Gasteiger partial charge is 0.397 e. The maximum absolute atomic E-state index is 12.6. The highest BCUT2D eigenvalue weighted by Gasteiger charge is 2.64. The van der Waals surface area contributed by atoms with Crippen LogP contribution in [0.3, 0.4) is 0 Å². The van der Waals surface area contributed by atoms with Gasteiger partial charge in [0.1, 0.15) is 5.54 Å². The summed E-state index contributed by atoms with van der Waals surface area (Å²) in [5.74, 6) is -0.679. The number of halogens is 3. The largest absolute Gasteiger partial charge is 0.411 e. The van der Waals surface area contributed by atoms with Crippen LogP contribution in [0.5, 0.6) is 0 Å². The van der Waals surface area contributed by atoms with Gasteiger partial charge in [0.05, 0.1) is 18.3 Å². The number of rotatable bonds is 3. The molecule has 0 aliphatic heterocycles. The molecule has 0 aromatic carbocycles. The Hall–Kier alpha value is -1.79. The van der Waals surface area contributed by atoms with Gasteiger partial charge >= 0.3 is 6.18 Å². The second kappa shape index (κ2) is 4.15. The van der Waals surface area contributed by atoms with Gasteiger partial charge < -0.3 is 11.1 Å². The van der Waals surface area contributed by atoms with Gasteiger partial charge in [0.15, 0.2) is 0 Å². The highest BCUT2D eigenvalue weighted by Crippen LogP contribution is 2.48. The topological polar surface area (TPSA) is 68.0 Å². The van der Waals surface area contributed by atoms with E-state index in [0.29, 0.717) is 11.4 Å². The van der Waals surface area contributed by atoms with E-state index in [9.17, 15) is 18.0 Å². The fourth-order valence-corrected chi connectivity index (χ4v) is 1.62. The molecule has 1 aliphatic carbocycles. The number of amides is 1. The molecule has 0 bridgehead atoms. The van der Waals surface area contributed by atoms with Gasteiger partial charge in [-0.05, 0) is 25.0 Å². The Balaban J connectivity index is 1.96. The first-order chi connectivity index (χ1) is 8.32. The molecule has 0 unspecified atom stereocenters. The van der Waals surface area contributed by atoms with Crippen LogP contribution in [0.15, 0.2) is 18.3 Å². The number of nitrogens with two attached hydrogens (primary N) is 1. The molecule has 0 atom stereocenters. The van der Waals surface area contributed by atoms with Crippen LogP contribution in [0, 0.1) is 0 Å². The van der Waals surface area contributed by atoms with Crippen LogP contribution >= 0.6 is 0 Å². The maximum atomic E-state index is 12.6. The summed E-state index contributed by atoms with van der Waals surface area (Å²) in [7, 11) is 0. The van der Waals surface area contributed by atoms with Crippen molar-refractivity contribution in [3.8, 4) is 0 Å². The number of hydrogen-bond donors (Lipinski definition) is 2. The van der Waals surface area contributed by atoms with Gasteiger partial charge in [0, 0.05) is 5.69 Å². The molecule has 2 rings (SSSR count). The van der Waals surface area contributed by atoms with Crippen LogP contribution in [0.2, 0.25) is 0 Å². The van der Waals surface area contributed by atoms with E-state index in [0.717, 1.165) is 0 Å². The minimum atomic E-state index is -4.39. The molecular formula is C11H12F3N3O. The Morgan fingerprint density at radius 3 is 2.56 bits per heavy atom. The molecule has 0 saturated heterocycles. The van der Waals surface area contributed by atoms with Crippen molar-refractivity contribution in [2.75, 3.05) is 5.73 Å². The number of anilines is 1. The SMILES string of the molecule is Nc1ccc(CC(=O)NC2(C(F)(F)F)CC2)nc1. The third-order valence-corrected chi connectivity index (χ3v) is 2.86. The summed E-state index contributed by atoms with van der Waals surface area (Å²) in [6.45, 7) is 0. The monoisotopic (exact) mass is 259 g/mol. The summed E-state index contributed by atoms with van der Waals surface area (Å²) in [4.78, 5) is 15.4. The van der Waals surface area contributed by atoms with Crippen LogP contribution in [0.4, 0.5) is 18.9 Å². The summed E-state index contributed by atoms with van der Waals surface area (Å²) < 4.78 is 37.8. The van der Waals surface area contributed by atoms with Crippen molar-refractivity contribution >= 4 is 11.6 Å². The van der Waals surface area contributed by atoms with Crippen molar-refractivity contribution < 1.29 is 18.0 Å². The summed E-state index contributed by atoms with van der Waals surface area (Å²) in [6.07, 6.45) is -3.33. The molecule has 18 heavy (non-hydrogen) atoms. The first kappa shape index (κ1) is 12.7. The Bertz CT molecular complexity index is 452. The van der Waals surface area contributed by atoms with Crippen molar-refractivity contribution in [1.82, 2.24) is 10.3 Å². The zero-order valence-corrected chi connectivity index (χ0v) is 9.42. The predicted molar refractivity (Wildman–Crippen MR) is 58.5 cm³/mol. The average Bonchev–Trinajstić information content (AvgIpc) is 3.01. The van der Waals surface area contributed by atoms with E-state index in [1.807, 2.05) is 5.32 Å². The van der Waals surface area contributed by atoms with Crippen LogP contribution in [-0.4, -0.2) is 22.6 Å². The van der Waals surface area contributed by atoms with E-state index in [-0.39, 0.29) is 19.3 Å². The fourth-order valence-electron chi connectivity index (χ4n) is 1.62. The molecule has 1 aliphatic rings. The van der Waals surface area contributed by atoms with Gasteiger partial charge in [-0.15, -0.1) is 0 Å². The number of carbonyl (C=O) groups is 1. The molecule has 1 amide bonds. The molecule has 0 spiro atoms. The molecule has 1 aromatic rings. The Morgan fingerprint density at radius 2 is 2.11 bits per heavy atom. The first-order valence-corrected chi connectivity index (χ1v) is 5.41. The molecule has 7 heteroatoms. The average molecular weight is 259 g/mol. The van der Waals surface area contributed by atoms with E-state index in [1.165, 1.54) is 12.3 Å². The molecule has 4 nitrogen and oxygen atoms in total. The van der Waals surface area contributed by atoms with Crippen LogP contribution in [-0.2, 0) is 11.2 Å². The Morgan fingerprint density at radius 1 is 1.44 bits per heavy atom. The quantitative estimate of drug-likeness (QED) is 0.862. The number of nitrogens with zero attached hydrogens (tertiary/aromatic N) is 1. The van der Waals surface area contributed by atoms with E-state index in [2.05, 4.69) is 4.98 Å². The number of aromatic nitrogens is 1. The van der Waals surface area contributed by atoms with E-state index in [1.54, 1.807) is 6.07 Å². The van der Waals surface area contributed by atoms with Crippen molar-refractivity contribution in [2.45, 2.75) is 31.0 Å². The Kier molecular flexibility index (Phi) is 2.92. The number of carbonyl (C=O) groups excluding carboxylic acids is 1. The van der Waals surface area contributed by atoms with Gasteiger partial charge in [-0.25, -0.2) is 0 Å². The lowest BCUT2D eigenvalue weighted by Crippen LogP contribution is -2.48. The minimum absolute atomic E-state index is 0.0581. The van der Waals surface area contributed by atoms with Crippen molar-refractivity contribution in [3.63, 3.8) is 0 Å². The first-order valence-electron chi connectivity index (χ1n) is 5.41. The minimum Gasteiger partial charge on any atom is -0.397 e. The van der Waals surface area contributed by atoms with Crippen LogP contribution in [0.25, 0.3) is 0 Å². The number of hydrogen-bond acceptors (Lipinski definition) is 3. The maximum Gasteiger partial charge on any atom is 0.411 e. The molecule has 0 radical (unpaired) electrons. The summed E-state index contributed by atoms with van der Waals surface area (Å²) in [6, 6.07) is 3.06. The Labute approximate surface area is 101 Å². The molecule has 1 fully saturated rings. The van der Waals surface area contributed by atoms with Crippen molar-refractivity contribution in [2.24, 2.45) is 0 Å². The van der Waals surface area contributed by atoms with E-state index < -0.39 is 17.6 Å².